The number of hydrogen-bond donors (Lipinski definition) is 0. The van der Waals surface area contributed by atoms with Gasteiger partial charge in [-0.1, -0.05) is 164 Å². The van der Waals surface area contributed by atoms with Crippen molar-refractivity contribution >= 4 is 32.3 Å². The van der Waals surface area contributed by atoms with Crippen LogP contribution in [0.15, 0.2) is 182 Å². The molecule has 0 unspecified atom stereocenters. The molecule has 48 heavy (non-hydrogen) atoms. The van der Waals surface area contributed by atoms with Gasteiger partial charge in [0.05, 0.1) is 11.4 Å². The van der Waals surface area contributed by atoms with Gasteiger partial charge in [0.15, 0.2) is 5.82 Å². The zero-order chi connectivity index (χ0) is 31.9. The molecule has 0 atom stereocenters. The Morgan fingerprint density at radius 2 is 0.812 bits per heavy atom. The van der Waals surface area contributed by atoms with Crippen molar-refractivity contribution in [2.45, 2.75) is 0 Å². The summed E-state index contributed by atoms with van der Waals surface area (Å²) in [6, 6.07) is 64.5. The second kappa shape index (κ2) is 11.8. The van der Waals surface area contributed by atoms with E-state index >= 15 is 0 Å². The minimum atomic E-state index is 0.704. The maximum absolute atomic E-state index is 5.19. The first-order chi connectivity index (χ1) is 23.8. The predicted octanol–water partition coefficient (Wildman–Crippen LogP) is 12.3. The predicted molar refractivity (Wildman–Crippen MR) is 202 cm³/mol. The van der Waals surface area contributed by atoms with Crippen LogP contribution in [0.5, 0.6) is 0 Å². The summed E-state index contributed by atoms with van der Waals surface area (Å²) < 4.78 is 0. The molecule has 0 saturated heterocycles. The smallest absolute Gasteiger partial charge is 0.160 e. The molecule has 9 rings (SSSR count). The van der Waals surface area contributed by atoms with Gasteiger partial charge in [0.2, 0.25) is 0 Å². The molecule has 0 spiro atoms. The lowest BCUT2D eigenvalue weighted by atomic mass is 9.89. The van der Waals surface area contributed by atoms with Crippen LogP contribution in [0.1, 0.15) is 0 Å². The molecule has 0 radical (unpaired) electrons. The highest BCUT2D eigenvalue weighted by molar-refractivity contribution is 6.20. The Morgan fingerprint density at radius 3 is 1.56 bits per heavy atom. The molecule has 0 aliphatic rings. The third-order valence-electron chi connectivity index (χ3n) is 9.26. The second-order valence-electron chi connectivity index (χ2n) is 12.2. The molecule has 2 heteroatoms. The van der Waals surface area contributed by atoms with Gasteiger partial charge >= 0.3 is 0 Å². The zero-order valence-corrected chi connectivity index (χ0v) is 26.2. The number of aromatic nitrogens is 2. The van der Waals surface area contributed by atoms with Crippen LogP contribution in [0.2, 0.25) is 0 Å². The van der Waals surface area contributed by atoms with Crippen molar-refractivity contribution in [1.82, 2.24) is 9.97 Å². The molecule has 0 saturated carbocycles. The van der Waals surface area contributed by atoms with Crippen LogP contribution < -0.4 is 0 Å². The molecule has 0 aliphatic heterocycles. The van der Waals surface area contributed by atoms with E-state index in [0.717, 1.165) is 33.6 Å². The van der Waals surface area contributed by atoms with Crippen molar-refractivity contribution in [3.05, 3.63) is 182 Å². The van der Waals surface area contributed by atoms with E-state index in [9.17, 15) is 0 Å². The van der Waals surface area contributed by atoms with Gasteiger partial charge in [-0.25, -0.2) is 9.97 Å². The molecule has 0 aliphatic carbocycles. The summed E-state index contributed by atoms with van der Waals surface area (Å²) in [4.78, 5) is 10.3. The van der Waals surface area contributed by atoms with E-state index in [1.807, 2.05) is 12.1 Å². The average molecular weight is 611 g/mol. The SMILES string of the molecule is c1ccc(-c2ccc(-c3cc(-c4ccccc4)nc(-c4cccc(-c5c6ccccc6cc6c5ccc5ccccc56)c4)n3)cc2)cc1. The number of fused-ring (bicyclic) bond motifs is 4. The van der Waals surface area contributed by atoms with E-state index < -0.39 is 0 Å². The van der Waals surface area contributed by atoms with E-state index in [0.29, 0.717) is 5.82 Å². The van der Waals surface area contributed by atoms with Crippen molar-refractivity contribution < 1.29 is 0 Å². The third-order valence-corrected chi connectivity index (χ3v) is 9.26. The fourth-order valence-corrected chi connectivity index (χ4v) is 6.89. The molecule has 2 nitrogen and oxygen atoms in total. The van der Waals surface area contributed by atoms with Gasteiger partial charge in [0.25, 0.3) is 0 Å². The van der Waals surface area contributed by atoms with Crippen LogP contribution >= 0.6 is 0 Å². The summed E-state index contributed by atoms with van der Waals surface area (Å²) in [5.74, 6) is 0.704. The van der Waals surface area contributed by atoms with Gasteiger partial charge in [-0.2, -0.15) is 0 Å². The first-order valence-corrected chi connectivity index (χ1v) is 16.3. The molecule has 1 heterocycles. The standard InChI is InChI=1S/C46H30N2/c1-3-12-31(13-4-1)32-22-24-35(25-23-32)44-30-43(34-15-5-2-6-16-34)47-46(48-44)38-19-11-18-37(28-38)45-40-21-10-8-17-36(40)29-42-39-20-9-7-14-33(39)26-27-41(42)45/h1-30H. The highest BCUT2D eigenvalue weighted by Gasteiger charge is 2.15. The normalized spacial score (nSPS) is 11.3. The summed E-state index contributed by atoms with van der Waals surface area (Å²) in [5, 5.41) is 7.47. The Bertz CT molecular complexity index is 2590. The van der Waals surface area contributed by atoms with Gasteiger partial charge in [-0.05, 0) is 72.8 Å². The zero-order valence-electron chi connectivity index (χ0n) is 26.2. The maximum atomic E-state index is 5.19. The van der Waals surface area contributed by atoms with Crippen molar-refractivity contribution in [2.75, 3.05) is 0 Å². The molecule has 224 valence electrons. The quantitative estimate of drug-likeness (QED) is 0.143. The molecule has 0 N–H and O–H groups in total. The number of hydrogen-bond acceptors (Lipinski definition) is 2. The largest absolute Gasteiger partial charge is 0.228 e. The van der Waals surface area contributed by atoms with Crippen molar-refractivity contribution in [3.63, 3.8) is 0 Å². The minimum Gasteiger partial charge on any atom is -0.228 e. The summed E-state index contributed by atoms with van der Waals surface area (Å²) in [6.45, 7) is 0. The average Bonchev–Trinajstić information content (AvgIpc) is 3.17. The molecular formula is C46H30N2. The van der Waals surface area contributed by atoms with Gasteiger partial charge in [0, 0.05) is 16.7 Å². The second-order valence-corrected chi connectivity index (χ2v) is 12.2. The topological polar surface area (TPSA) is 25.8 Å². The Kier molecular flexibility index (Phi) is 6.84. The molecule has 0 fully saturated rings. The minimum absolute atomic E-state index is 0.704. The van der Waals surface area contributed by atoms with Crippen molar-refractivity contribution in [3.8, 4) is 56.2 Å². The Labute approximate surface area is 279 Å². The summed E-state index contributed by atoms with van der Waals surface area (Å²) in [5.41, 5.74) is 9.64. The lowest BCUT2D eigenvalue weighted by Gasteiger charge is -2.15. The number of benzene rings is 8. The maximum Gasteiger partial charge on any atom is 0.160 e. The van der Waals surface area contributed by atoms with Crippen LogP contribution in [0.4, 0.5) is 0 Å². The van der Waals surface area contributed by atoms with Gasteiger partial charge in [0.1, 0.15) is 0 Å². The van der Waals surface area contributed by atoms with E-state index in [1.165, 1.54) is 49.0 Å². The Hall–Kier alpha value is -6.38. The van der Waals surface area contributed by atoms with Gasteiger partial charge in [-0.15, -0.1) is 0 Å². The van der Waals surface area contributed by atoms with Crippen LogP contribution in [0.3, 0.4) is 0 Å². The van der Waals surface area contributed by atoms with Gasteiger partial charge < -0.3 is 0 Å². The summed E-state index contributed by atoms with van der Waals surface area (Å²) in [7, 11) is 0. The molecular weight excluding hydrogens is 581 g/mol. The number of rotatable bonds is 5. The first-order valence-electron chi connectivity index (χ1n) is 16.3. The van der Waals surface area contributed by atoms with E-state index in [1.54, 1.807) is 0 Å². The van der Waals surface area contributed by atoms with Crippen molar-refractivity contribution in [2.24, 2.45) is 0 Å². The third kappa shape index (κ3) is 5.01. The lowest BCUT2D eigenvalue weighted by molar-refractivity contribution is 1.18. The molecule has 0 bridgehead atoms. The van der Waals surface area contributed by atoms with Crippen LogP contribution in [-0.2, 0) is 0 Å². The van der Waals surface area contributed by atoms with Gasteiger partial charge in [-0.3, -0.25) is 0 Å². The van der Waals surface area contributed by atoms with E-state index in [4.69, 9.17) is 9.97 Å². The summed E-state index contributed by atoms with van der Waals surface area (Å²) in [6.07, 6.45) is 0. The Balaban J connectivity index is 1.22. The Morgan fingerprint density at radius 1 is 0.271 bits per heavy atom. The molecule has 1 aromatic heterocycles. The molecule has 0 amide bonds. The summed E-state index contributed by atoms with van der Waals surface area (Å²) >= 11 is 0. The monoisotopic (exact) mass is 610 g/mol. The van der Waals surface area contributed by atoms with Crippen LogP contribution in [-0.4, -0.2) is 9.97 Å². The molecule has 8 aromatic carbocycles. The highest BCUT2D eigenvalue weighted by Crippen LogP contribution is 2.40. The first kappa shape index (κ1) is 27.9. The molecule has 9 aromatic rings. The lowest BCUT2D eigenvalue weighted by Crippen LogP contribution is -1.96. The highest BCUT2D eigenvalue weighted by atomic mass is 14.9. The van der Waals surface area contributed by atoms with Crippen LogP contribution in [0, 0.1) is 0 Å². The van der Waals surface area contributed by atoms with Crippen molar-refractivity contribution in [1.29, 1.82) is 0 Å². The fraction of sp³-hybridized carbons (Fsp3) is 0. The fourth-order valence-electron chi connectivity index (χ4n) is 6.89. The van der Waals surface area contributed by atoms with Crippen LogP contribution in [0.25, 0.3) is 88.5 Å². The van der Waals surface area contributed by atoms with E-state index in [2.05, 4.69) is 170 Å². The number of nitrogens with zero attached hydrogens (tertiary/aromatic N) is 2. The van der Waals surface area contributed by atoms with E-state index in [-0.39, 0.29) is 0 Å².